The minimum absolute atomic E-state index is 0.286. The Bertz CT molecular complexity index is 782. The van der Waals surface area contributed by atoms with Gasteiger partial charge in [0.1, 0.15) is 12.4 Å². The Labute approximate surface area is 154 Å². The van der Waals surface area contributed by atoms with Crippen LogP contribution in [0.3, 0.4) is 0 Å². The van der Waals surface area contributed by atoms with Gasteiger partial charge in [0.25, 0.3) is 0 Å². The molecule has 1 aromatic carbocycles. The van der Waals surface area contributed by atoms with Crippen molar-refractivity contribution < 1.29 is 9.53 Å². The second-order valence-electron chi connectivity index (χ2n) is 7.22. The molecule has 2 fully saturated rings. The lowest BCUT2D eigenvalue weighted by atomic mass is 9.94. The number of aromatic nitrogens is 1. The van der Waals surface area contributed by atoms with Crippen LogP contribution in [0.25, 0.3) is 0 Å². The summed E-state index contributed by atoms with van der Waals surface area (Å²) in [7, 11) is 0. The molecule has 2 aromatic rings. The van der Waals surface area contributed by atoms with E-state index in [9.17, 15) is 4.79 Å². The Kier molecular flexibility index (Phi) is 4.49. The Balaban J connectivity index is 1.45. The molecule has 1 saturated carbocycles. The number of ether oxygens (including phenoxy) is 1. The van der Waals surface area contributed by atoms with E-state index >= 15 is 0 Å². The van der Waals surface area contributed by atoms with Crippen LogP contribution in [0.1, 0.15) is 36.3 Å². The number of nitrogens with zero attached hydrogens (tertiary/aromatic N) is 2. The highest BCUT2D eigenvalue weighted by molar-refractivity contribution is 5.91. The molecule has 1 amide bonds. The van der Waals surface area contributed by atoms with Gasteiger partial charge in [0.15, 0.2) is 0 Å². The Morgan fingerprint density at radius 2 is 1.96 bits per heavy atom. The molecule has 0 radical (unpaired) electrons. The first-order valence-electron chi connectivity index (χ1n) is 9.26. The number of benzene rings is 1. The highest BCUT2D eigenvalue weighted by atomic mass is 16.5. The maximum atomic E-state index is 13.2. The van der Waals surface area contributed by atoms with E-state index in [0.717, 1.165) is 43.7 Å². The standard InChI is InChI=1S/C22H24N2O2/c1-2-15-26-20-5-3-19(4-6-20)22(10-11-22)21(25)24-14-9-18(16-24)17-7-12-23-13-8-17/h2-8,12-13,18H,1,9-11,14-16H2. The number of carbonyl (C=O) groups is 1. The van der Waals surface area contributed by atoms with Crippen LogP contribution in [0.5, 0.6) is 5.75 Å². The molecule has 1 aliphatic heterocycles. The summed E-state index contributed by atoms with van der Waals surface area (Å²) in [5, 5.41) is 0. The first-order valence-corrected chi connectivity index (χ1v) is 9.26. The average molecular weight is 348 g/mol. The SMILES string of the molecule is C=CCOc1ccc(C2(C(=O)N3CCC(c4ccncc4)C3)CC2)cc1. The molecular formula is C22H24N2O2. The van der Waals surface area contributed by atoms with E-state index in [2.05, 4.69) is 28.6 Å². The summed E-state index contributed by atoms with van der Waals surface area (Å²) in [6.07, 6.45) is 8.30. The molecule has 134 valence electrons. The van der Waals surface area contributed by atoms with Gasteiger partial charge in [-0.1, -0.05) is 24.8 Å². The molecule has 0 spiro atoms. The smallest absolute Gasteiger partial charge is 0.233 e. The Hall–Kier alpha value is -2.62. The first-order chi connectivity index (χ1) is 12.7. The van der Waals surface area contributed by atoms with Crippen LogP contribution in [0.4, 0.5) is 0 Å². The van der Waals surface area contributed by atoms with E-state index in [1.807, 2.05) is 36.7 Å². The Morgan fingerprint density at radius 3 is 2.62 bits per heavy atom. The molecule has 26 heavy (non-hydrogen) atoms. The van der Waals surface area contributed by atoms with Gasteiger partial charge >= 0.3 is 0 Å². The van der Waals surface area contributed by atoms with Crippen LogP contribution in [0.15, 0.2) is 61.4 Å². The third-order valence-electron chi connectivity index (χ3n) is 5.59. The van der Waals surface area contributed by atoms with Gasteiger partial charge in [0, 0.05) is 31.4 Å². The van der Waals surface area contributed by atoms with Gasteiger partial charge in [-0.15, -0.1) is 0 Å². The summed E-state index contributed by atoms with van der Waals surface area (Å²) in [6, 6.07) is 12.1. The highest BCUT2D eigenvalue weighted by Gasteiger charge is 2.53. The highest BCUT2D eigenvalue weighted by Crippen LogP contribution is 2.50. The van der Waals surface area contributed by atoms with Crippen LogP contribution >= 0.6 is 0 Å². The topological polar surface area (TPSA) is 42.4 Å². The molecule has 2 heterocycles. The number of hydrogen-bond donors (Lipinski definition) is 0. The van der Waals surface area contributed by atoms with Crippen molar-refractivity contribution >= 4 is 5.91 Å². The lowest BCUT2D eigenvalue weighted by Crippen LogP contribution is -2.37. The third kappa shape index (κ3) is 3.12. The molecule has 4 nitrogen and oxygen atoms in total. The van der Waals surface area contributed by atoms with Crippen molar-refractivity contribution in [1.29, 1.82) is 0 Å². The molecule has 2 aliphatic rings. The van der Waals surface area contributed by atoms with Crippen LogP contribution in [-0.4, -0.2) is 35.5 Å². The summed E-state index contributed by atoms with van der Waals surface area (Å²) >= 11 is 0. The fourth-order valence-electron chi connectivity index (χ4n) is 3.93. The second kappa shape index (κ2) is 6.94. The normalized spacial score (nSPS) is 20.6. The number of carbonyl (C=O) groups excluding carboxylic acids is 1. The molecule has 1 unspecified atom stereocenters. The minimum atomic E-state index is -0.315. The monoisotopic (exact) mass is 348 g/mol. The fourth-order valence-corrected chi connectivity index (χ4v) is 3.93. The summed E-state index contributed by atoms with van der Waals surface area (Å²) in [5.41, 5.74) is 2.08. The van der Waals surface area contributed by atoms with Gasteiger partial charge in [-0.05, 0) is 54.7 Å². The lowest BCUT2D eigenvalue weighted by Gasteiger charge is -2.24. The molecular weight excluding hydrogens is 324 g/mol. The van der Waals surface area contributed by atoms with Crippen molar-refractivity contribution in [1.82, 2.24) is 9.88 Å². The maximum Gasteiger partial charge on any atom is 0.233 e. The van der Waals surface area contributed by atoms with Gasteiger partial charge in [-0.25, -0.2) is 0 Å². The number of rotatable bonds is 6. The molecule has 0 bridgehead atoms. The number of amides is 1. The van der Waals surface area contributed by atoms with Gasteiger partial charge in [0.05, 0.1) is 5.41 Å². The Morgan fingerprint density at radius 1 is 1.23 bits per heavy atom. The van der Waals surface area contributed by atoms with E-state index in [-0.39, 0.29) is 11.3 Å². The average Bonchev–Trinajstić information content (AvgIpc) is 3.36. The van der Waals surface area contributed by atoms with E-state index in [0.29, 0.717) is 12.5 Å². The molecule has 4 heteroatoms. The second-order valence-corrected chi connectivity index (χ2v) is 7.22. The predicted molar refractivity (Wildman–Crippen MR) is 101 cm³/mol. The van der Waals surface area contributed by atoms with Crippen molar-refractivity contribution in [2.75, 3.05) is 19.7 Å². The number of likely N-dealkylation sites (tertiary alicyclic amines) is 1. The van der Waals surface area contributed by atoms with Crippen LogP contribution in [-0.2, 0) is 10.2 Å². The zero-order chi connectivity index (χ0) is 18.0. The molecule has 1 saturated heterocycles. The van der Waals surface area contributed by atoms with E-state index in [1.54, 1.807) is 6.08 Å². The largest absolute Gasteiger partial charge is 0.490 e. The quantitative estimate of drug-likeness (QED) is 0.748. The summed E-state index contributed by atoms with van der Waals surface area (Å²) < 4.78 is 5.55. The zero-order valence-corrected chi connectivity index (χ0v) is 14.9. The zero-order valence-electron chi connectivity index (χ0n) is 14.9. The van der Waals surface area contributed by atoms with Gasteiger partial charge in [0.2, 0.25) is 5.91 Å². The predicted octanol–water partition coefficient (Wildman–Crippen LogP) is 3.69. The molecule has 0 N–H and O–H groups in total. The van der Waals surface area contributed by atoms with Gasteiger partial charge in [-0.2, -0.15) is 0 Å². The maximum absolute atomic E-state index is 13.2. The van der Waals surface area contributed by atoms with Gasteiger partial charge < -0.3 is 9.64 Å². The van der Waals surface area contributed by atoms with Crippen molar-refractivity contribution in [3.63, 3.8) is 0 Å². The molecule has 1 aromatic heterocycles. The summed E-state index contributed by atoms with van der Waals surface area (Å²) in [6.45, 7) is 5.80. The van der Waals surface area contributed by atoms with E-state index in [1.165, 1.54) is 5.56 Å². The van der Waals surface area contributed by atoms with Crippen molar-refractivity contribution in [3.05, 3.63) is 72.6 Å². The first kappa shape index (κ1) is 16.8. The summed E-state index contributed by atoms with van der Waals surface area (Å²) in [4.78, 5) is 19.4. The minimum Gasteiger partial charge on any atom is -0.490 e. The third-order valence-corrected chi connectivity index (χ3v) is 5.59. The summed E-state index contributed by atoms with van der Waals surface area (Å²) in [5.74, 6) is 1.53. The van der Waals surface area contributed by atoms with Crippen LogP contribution in [0, 0.1) is 0 Å². The number of pyridine rings is 1. The molecule has 1 aliphatic carbocycles. The molecule has 1 atom stereocenters. The van der Waals surface area contributed by atoms with E-state index in [4.69, 9.17) is 4.74 Å². The number of hydrogen-bond acceptors (Lipinski definition) is 3. The molecule has 4 rings (SSSR count). The van der Waals surface area contributed by atoms with Crippen molar-refractivity contribution in [2.24, 2.45) is 0 Å². The lowest BCUT2D eigenvalue weighted by molar-refractivity contribution is -0.132. The van der Waals surface area contributed by atoms with E-state index < -0.39 is 0 Å². The van der Waals surface area contributed by atoms with Crippen molar-refractivity contribution in [3.8, 4) is 5.75 Å². The van der Waals surface area contributed by atoms with Crippen molar-refractivity contribution in [2.45, 2.75) is 30.6 Å². The van der Waals surface area contributed by atoms with Gasteiger partial charge in [-0.3, -0.25) is 9.78 Å². The fraction of sp³-hybridized carbons (Fsp3) is 0.364. The van der Waals surface area contributed by atoms with Crippen LogP contribution < -0.4 is 4.74 Å². The van der Waals surface area contributed by atoms with Crippen LogP contribution in [0.2, 0.25) is 0 Å².